The van der Waals surface area contributed by atoms with Crippen molar-refractivity contribution < 1.29 is 14.3 Å². The zero-order valence-corrected chi connectivity index (χ0v) is 16.2. The van der Waals surface area contributed by atoms with E-state index in [1.807, 2.05) is 18.2 Å². The third-order valence-corrected chi connectivity index (χ3v) is 4.85. The van der Waals surface area contributed by atoms with E-state index in [4.69, 9.17) is 16.3 Å². The molecule has 1 N–H and O–H groups in total. The molecule has 7 heteroatoms. The number of anilines is 2. The Labute approximate surface area is 173 Å². The molecule has 0 radical (unpaired) electrons. The topological polar surface area (TPSA) is 71.5 Å². The van der Waals surface area contributed by atoms with Gasteiger partial charge in [0, 0.05) is 35.3 Å². The second kappa shape index (κ2) is 8.32. The second-order valence-corrected chi connectivity index (χ2v) is 7.02. The number of rotatable bonds is 5. The lowest BCUT2D eigenvalue weighted by Gasteiger charge is -2.18. The highest BCUT2D eigenvalue weighted by atomic mass is 35.5. The lowest BCUT2D eigenvalue weighted by molar-refractivity contribution is -0.118. The summed E-state index contributed by atoms with van der Waals surface area (Å²) in [6, 6.07) is 15.9. The van der Waals surface area contributed by atoms with Gasteiger partial charge in [-0.1, -0.05) is 17.7 Å². The first-order chi connectivity index (χ1) is 14.1. The summed E-state index contributed by atoms with van der Waals surface area (Å²) in [5, 5.41) is 3.41. The molecule has 2 aromatic carbocycles. The first kappa shape index (κ1) is 19.0. The van der Waals surface area contributed by atoms with Gasteiger partial charge < -0.3 is 15.0 Å². The van der Waals surface area contributed by atoms with E-state index in [-0.39, 0.29) is 18.4 Å². The third-order valence-electron chi connectivity index (χ3n) is 4.60. The van der Waals surface area contributed by atoms with Crippen LogP contribution in [-0.2, 0) is 11.2 Å². The molecule has 1 aromatic heterocycles. The summed E-state index contributed by atoms with van der Waals surface area (Å²) in [7, 11) is 0. The lowest BCUT2D eigenvalue weighted by atomic mass is 10.1. The molecule has 1 aliphatic rings. The summed E-state index contributed by atoms with van der Waals surface area (Å²) >= 11 is 5.83. The molecule has 0 bridgehead atoms. The van der Waals surface area contributed by atoms with Crippen molar-refractivity contribution >= 4 is 34.8 Å². The quantitative estimate of drug-likeness (QED) is 0.695. The van der Waals surface area contributed by atoms with Crippen LogP contribution in [0.5, 0.6) is 5.75 Å². The van der Waals surface area contributed by atoms with Crippen molar-refractivity contribution in [3.8, 4) is 5.75 Å². The fourth-order valence-electron chi connectivity index (χ4n) is 3.19. The summed E-state index contributed by atoms with van der Waals surface area (Å²) in [6.45, 7) is 0.469. The zero-order valence-electron chi connectivity index (χ0n) is 15.5. The van der Waals surface area contributed by atoms with E-state index in [0.717, 1.165) is 17.7 Å². The Kier molecular flexibility index (Phi) is 5.44. The molecule has 0 saturated heterocycles. The molecule has 0 fully saturated rings. The lowest BCUT2D eigenvalue weighted by Crippen LogP contribution is -2.29. The number of ether oxygens (including phenoxy) is 1. The number of carbonyl (C=O) groups excluding carboxylic acids is 2. The van der Waals surface area contributed by atoms with Crippen LogP contribution in [0.1, 0.15) is 15.9 Å². The van der Waals surface area contributed by atoms with E-state index in [9.17, 15) is 9.59 Å². The van der Waals surface area contributed by atoms with Gasteiger partial charge in [-0.3, -0.25) is 14.6 Å². The number of halogens is 1. The van der Waals surface area contributed by atoms with Crippen LogP contribution in [0.15, 0.2) is 67.0 Å². The van der Waals surface area contributed by atoms with E-state index in [1.165, 1.54) is 0 Å². The highest BCUT2D eigenvalue weighted by Gasteiger charge is 2.26. The van der Waals surface area contributed by atoms with Crippen molar-refractivity contribution in [3.63, 3.8) is 0 Å². The maximum Gasteiger partial charge on any atom is 0.262 e. The Hall–Kier alpha value is -3.38. The Morgan fingerprint density at radius 3 is 2.72 bits per heavy atom. The van der Waals surface area contributed by atoms with Gasteiger partial charge in [0.25, 0.3) is 11.8 Å². The number of hydrogen-bond acceptors (Lipinski definition) is 4. The number of nitrogens with zero attached hydrogens (tertiary/aromatic N) is 2. The van der Waals surface area contributed by atoms with Gasteiger partial charge in [-0.25, -0.2) is 0 Å². The molecule has 0 aliphatic carbocycles. The van der Waals surface area contributed by atoms with Gasteiger partial charge in [0.1, 0.15) is 5.75 Å². The van der Waals surface area contributed by atoms with Gasteiger partial charge in [0.15, 0.2) is 6.61 Å². The van der Waals surface area contributed by atoms with Crippen molar-refractivity contribution in [1.29, 1.82) is 0 Å². The highest BCUT2D eigenvalue weighted by molar-refractivity contribution is 6.30. The molecule has 4 rings (SSSR count). The minimum atomic E-state index is -0.289. The molecule has 0 unspecified atom stereocenters. The normalized spacial score (nSPS) is 12.4. The molecule has 0 atom stereocenters. The first-order valence-electron chi connectivity index (χ1n) is 9.13. The Balaban J connectivity index is 1.43. The first-order valence-corrected chi connectivity index (χ1v) is 9.51. The minimum Gasteiger partial charge on any atom is -0.484 e. The zero-order chi connectivity index (χ0) is 20.2. The molecule has 2 heterocycles. The van der Waals surface area contributed by atoms with Crippen molar-refractivity contribution in [2.24, 2.45) is 0 Å². The summed E-state index contributed by atoms with van der Waals surface area (Å²) < 4.78 is 5.46. The van der Waals surface area contributed by atoms with Crippen LogP contribution in [0.4, 0.5) is 11.4 Å². The van der Waals surface area contributed by atoms with Crippen molar-refractivity contribution in [1.82, 2.24) is 4.98 Å². The van der Waals surface area contributed by atoms with E-state index < -0.39 is 0 Å². The van der Waals surface area contributed by atoms with Crippen LogP contribution in [0.25, 0.3) is 0 Å². The molecular formula is C22H18ClN3O3. The molecule has 1 aliphatic heterocycles. The Morgan fingerprint density at radius 1 is 1.14 bits per heavy atom. The van der Waals surface area contributed by atoms with Gasteiger partial charge in [-0.2, -0.15) is 0 Å². The average molecular weight is 408 g/mol. The summed E-state index contributed by atoms with van der Waals surface area (Å²) in [5.74, 6) is 0.168. The number of fused-ring (bicyclic) bond motifs is 1. The summed E-state index contributed by atoms with van der Waals surface area (Å²) in [6.07, 6.45) is 3.96. The maximum atomic E-state index is 12.8. The molecule has 29 heavy (non-hydrogen) atoms. The number of aromatic nitrogens is 1. The molecule has 3 aromatic rings. The van der Waals surface area contributed by atoms with E-state index in [2.05, 4.69) is 10.3 Å². The monoisotopic (exact) mass is 407 g/mol. The Bertz CT molecular complexity index is 1040. The molecule has 0 saturated carbocycles. The summed E-state index contributed by atoms with van der Waals surface area (Å²) in [5.41, 5.74) is 3.01. The molecule has 6 nitrogen and oxygen atoms in total. The van der Waals surface area contributed by atoms with Crippen molar-refractivity contribution in [3.05, 3.63) is 83.1 Å². The number of amides is 2. The van der Waals surface area contributed by atoms with E-state index in [0.29, 0.717) is 28.6 Å². The highest BCUT2D eigenvalue weighted by Crippen LogP contribution is 2.32. The van der Waals surface area contributed by atoms with Crippen LogP contribution < -0.4 is 15.0 Å². The smallest absolute Gasteiger partial charge is 0.262 e. The molecule has 2 amide bonds. The third kappa shape index (κ3) is 4.38. The van der Waals surface area contributed by atoms with Crippen LogP contribution in [0, 0.1) is 0 Å². The maximum absolute atomic E-state index is 12.8. The van der Waals surface area contributed by atoms with Crippen LogP contribution in [0.2, 0.25) is 5.02 Å². The second-order valence-electron chi connectivity index (χ2n) is 6.58. The van der Waals surface area contributed by atoms with Gasteiger partial charge in [-0.05, 0) is 60.5 Å². The molecule has 146 valence electrons. The minimum absolute atomic E-state index is 0.105. The number of benzene rings is 2. The average Bonchev–Trinajstić information content (AvgIpc) is 3.16. The number of hydrogen-bond donors (Lipinski definition) is 1. The Morgan fingerprint density at radius 2 is 1.97 bits per heavy atom. The van der Waals surface area contributed by atoms with Gasteiger partial charge >= 0.3 is 0 Å². The van der Waals surface area contributed by atoms with Crippen molar-refractivity contribution in [2.45, 2.75) is 6.42 Å². The van der Waals surface area contributed by atoms with E-state index >= 15 is 0 Å². The van der Waals surface area contributed by atoms with Crippen LogP contribution >= 0.6 is 11.6 Å². The van der Waals surface area contributed by atoms with Gasteiger partial charge in [0.05, 0.1) is 5.56 Å². The number of nitrogens with one attached hydrogen (secondary N) is 1. The van der Waals surface area contributed by atoms with Crippen LogP contribution in [0.3, 0.4) is 0 Å². The predicted molar refractivity (Wildman–Crippen MR) is 112 cm³/mol. The van der Waals surface area contributed by atoms with Gasteiger partial charge in [0.2, 0.25) is 0 Å². The van der Waals surface area contributed by atoms with E-state index in [1.54, 1.807) is 53.7 Å². The largest absolute Gasteiger partial charge is 0.484 e. The van der Waals surface area contributed by atoms with Crippen LogP contribution in [-0.4, -0.2) is 29.9 Å². The fraction of sp³-hybridized carbons (Fsp3) is 0.136. The molecule has 0 spiro atoms. The fourth-order valence-corrected chi connectivity index (χ4v) is 3.32. The number of carbonyl (C=O) groups is 2. The SMILES string of the molecule is O=C(COc1ccc(Cl)cc1)Nc1ccc2c(c1)N(C(=O)c1cccnc1)CC2. The number of pyridine rings is 1. The summed E-state index contributed by atoms with van der Waals surface area (Å²) in [4.78, 5) is 30.8. The molecular weight excluding hydrogens is 390 g/mol. The standard InChI is InChI=1S/C22H18ClN3O3/c23-17-4-7-19(8-5-17)29-14-21(27)25-18-6-3-15-9-11-26(20(15)12-18)22(28)16-2-1-10-24-13-16/h1-8,10,12-13H,9,11,14H2,(H,25,27). The van der Waals surface area contributed by atoms with Gasteiger partial charge in [-0.15, -0.1) is 0 Å². The predicted octanol–water partition coefficient (Wildman–Crippen LogP) is 3.96. The van der Waals surface area contributed by atoms with Crippen molar-refractivity contribution in [2.75, 3.05) is 23.4 Å².